The van der Waals surface area contributed by atoms with Crippen LogP contribution in [0.15, 0.2) is 30.3 Å². The first kappa shape index (κ1) is 19.2. The van der Waals surface area contributed by atoms with Gasteiger partial charge in [0.2, 0.25) is 0 Å². The van der Waals surface area contributed by atoms with E-state index in [4.69, 9.17) is 9.31 Å². The number of hydrogen-bond acceptors (Lipinski definition) is 2. The molecule has 0 atom stereocenters. The van der Waals surface area contributed by atoms with Crippen molar-refractivity contribution in [3.05, 3.63) is 41.7 Å². The standard InChI is InChI=1S/C21H24BFO2Si/c1-6-13-26-14-12-16-18(23)11-10-15-8-7-9-17(19(15)16)22-24-20(2,3)21(4,5)25-22/h7-11H,6,13H2,1-5H3. The van der Waals surface area contributed by atoms with E-state index in [1.54, 1.807) is 6.07 Å². The summed E-state index contributed by atoms with van der Waals surface area (Å²) in [4.78, 5) is 0. The van der Waals surface area contributed by atoms with E-state index in [0.717, 1.165) is 28.7 Å². The van der Waals surface area contributed by atoms with Crippen LogP contribution in [0.5, 0.6) is 0 Å². The maximum absolute atomic E-state index is 14.6. The number of halogens is 1. The van der Waals surface area contributed by atoms with Crippen LogP contribution in [0.3, 0.4) is 0 Å². The van der Waals surface area contributed by atoms with Gasteiger partial charge < -0.3 is 9.31 Å². The molecular formula is C21H24BFO2Si. The third-order valence-electron chi connectivity index (χ3n) is 5.19. The Balaban J connectivity index is 2.12. The highest BCUT2D eigenvalue weighted by molar-refractivity contribution is 6.65. The minimum atomic E-state index is -0.538. The van der Waals surface area contributed by atoms with Gasteiger partial charge in [-0.1, -0.05) is 43.5 Å². The maximum Gasteiger partial charge on any atom is 0.495 e. The molecule has 1 heterocycles. The van der Waals surface area contributed by atoms with Crippen molar-refractivity contribution in [2.45, 2.75) is 58.3 Å². The molecule has 3 rings (SSSR count). The molecule has 1 fully saturated rings. The summed E-state index contributed by atoms with van der Waals surface area (Å²) in [7, 11) is -0.0169. The summed E-state index contributed by atoms with van der Waals surface area (Å²) in [6.45, 7) is 10.2. The fraction of sp³-hybridized carbons (Fsp3) is 0.429. The van der Waals surface area contributed by atoms with Gasteiger partial charge in [-0.3, -0.25) is 0 Å². The van der Waals surface area contributed by atoms with E-state index >= 15 is 0 Å². The molecule has 5 heteroatoms. The van der Waals surface area contributed by atoms with Crippen molar-refractivity contribution >= 4 is 32.9 Å². The smallest absolute Gasteiger partial charge is 0.399 e. The molecule has 0 N–H and O–H groups in total. The summed E-state index contributed by atoms with van der Waals surface area (Å²) in [6.07, 6.45) is 1.09. The number of rotatable bonds is 3. The Hall–Kier alpha value is -1.61. The molecule has 2 aromatic carbocycles. The van der Waals surface area contributed by atoms with Crippen LogP contribution in [0.2, 0.25) is 6.04 Å². The minimum absolute atomic E-state index is 0.296. The Morgan fingerprint density at radius 1 is 1.08 bits per heavy atom. The Morgan fingerprint density at radius 2 is 1.77 bits per heavy atom. The number of hydrogen-bond donors (Lipinski definition) is 0. The van der Waals surface area contributed by atoms with Crippen LogP contribution in [0.1, 0.15) is 46.6 Å². The molecule has 0 aliphatic carbocycles. The first-order chi connectivity index (χ1) is 12.3. The fourth-order valence-corrected chi connectivity index (χ4v) is 3.55. The predicted molar refractivity (Wildman–Crippen MR) is 107 cm³/mol. The summed E-state index contributed by atoms with van der Waals surface area (Å²) in [6, 6.07) is 10.2. The van der Waals surface area contributed by atoms with Gasteiger partial charge in [-0.2, -0.15) is 0 Å². The molecule has 0 spiro atoms. The van der Waals surface area contributed by atoms with Gasteiger partial charge in [0.05, 0.1) is 16.8 Å². The average Bonchev–Trinajstić information content (AvgIpc) is 2.80. The largest absolute Gasteiger partial charge is 0.495 e. The summed E-state index contributed by atoms with van der Waals surface area (Å²) in [5.41, 5.74) is 3.53. The lowest BCUT2D eigenvalue weighted by atomic mass is 9.75. The molecule has 1 aliphatic heterocycles. The zero-order valence-electron chi connectivity index (χ0n) is 16.1. The summed E-state index contributed by atoms with van der Waals surface area (Å²) < 4.78 is 27.0. The topological polar surface area (TPSA) is 18.5 Å². The lowest BCUT2D eigenvalue weighted by Crippen LogP contribution is -2.41. The van der Waals surface area contributed by atoms with Crippen LogP contribution < -0.4 is 5.46 Å². The van der Waals surface area contributed by atoms with Gasteiger partial charge in [-0.05, 0) is 50.7 Å². The van der Waals surface area contributed by atoms with Crippen molar-refractivity contribution in [3.8, 4) is 11.5 Å². The Kier molecular flexibility index (Phi) is 5.30. The lowest BCUT2D eigenvalue weighted by Gasteiger charge is -2.32. The highest BCUT2D eigenvalue weighted by atomic mass is 28.2. The minimum Gasteiger partial charge on any atom is -0.399 e. The fourth-order valence-electron chi connectivity index (χ4n) is 2.96. The molecular weight excluding hydrogens is 342 g/mol. The van der Waals surface area contributed by atoms with Crippen molar-refractivity contribution in [2.24, 2.45) is 0 Å². The zero-order valence-corrected chi connectivity index (χ0v) is 17.1. The first-order valence-corrected chi connectivity index (χ1v) is 10.3. The van der Waals surface area contributed by atoms with Gasteiger partial charge in [0, 0.05) is 5.39 Å². The van der Waals surface area contributed by atoms with Crippen molar-refractivity contribution in [1.82, 2.24) is 0 Å². The van der Waals surface area contributed by atoms with Gasteiger partial charge >= 0.3 is 7.12 Å². The molecule has 0 unspecified atom stereocenters. The van der Waals surface area contributed by atoms with Crippen LogP contribution in [0.4, 0.5) is 4.39 Å². The van der Waals surface area contributed by atoms with Crippen molar-refractivity contribution in [2.75, 3.05) is 0 Å². The van der Waals surface area contributed by atoms with Crippen LogP contribution in [0.25, 0.3) is 10.8 Å². The molecule has 2 aromatic rings. The Labute approximate surface area is 158 Å². The van der Waals surface area contributed by atoms with E-state index in [1.807, 2.05) is 45.9 Å². The molecule has 2 radical (unpaired) electrons. The molecule has 0 aromatic heterocycles. The second-order valence-corrected chi connectivity index (χ2v) is 8.74. The molecule has 134 valence electrons. The van der Waals surface area contributed by atoms with E-state index in [0.29, 0.717) is 15.1 Å². The van der Waals surface area contributed by atoms with E-state index in [1.165, 1.54) is 6.07 Å². The lowest BCUT2D eigenvalue weighted by molar-refractivity contribution is 0.00578. The Bertz CT molecular complexity index is 867. The van der Waals surface area contributed by atoms with Crippen LogP contribution >= 0.6 is 0 Å². The van der Waals surface area contributed by atoms with Crippen LogP contribution in [-0.2, 0) is 9.31 Å². The van der Waals surface area contributed by atoms with Gasteiger partial charge in [-0.15, -0.1) is 5.54 Å². The van der Waals surface area contributed by atoms with E-state index < -0.39 is 18.3 Å². The second-order valence-electron chi connectivity index (χ2n) is 7.63. The molecule has 1 aliphatic rings. The second kappa shape index (κ2) is 7.19. The molecule has 0 bridgehead atoms. The van der Waals surface area contributed by atoms with E-state index in [2.05, 4.69) is 18.4 Å². The third-order valence-corrected chi connectivity index (χ3v) is 6.24. The normalized spacial score (nSPS) is 18.0. The molecule has 1 saturated heterocycles. The van der Waals surface area contributed by atoms with E-state index in [9.17, 15) is 4.39 Å². The predicted octanol–water partition coefficient (Wildman–Crippen LogP) is 4.12. The third kappa shape index (κ3) is 3.46. The molecule has 2 nitrogen and oxygen atoms in total. The monoisotopic (exact) mass is 366 g/mol. The van der Waals surface area contributed by atoms with Gasteiger partial charge in [0.1, 0.15) is 15.3 Å². The maximum atomic E-state index is 14.6. The van der Waals surface area contributed by atoms with Crippen molar-refractivity contribution in [1.29, 1.82) is 0 Å². The van der Waals surface area contributed by atoms with Gasteiger partial charge in [-0.25, -0.2) is 4.39 Å². The highest BCUT2D eigenvalue weighted by Crippen LogP contribution is 2.37. The van der Waals surface area contributed by atoms with E-state index in [-0.39, 0.29) is 5.82 Å². The van der Waals surface area contributed by atoms with Crippen LogP contribution in [-0.4, -0.2) is 27.8 Å². The number of fused-ring (bicyclic) bond motifs is 1. The number of benzene rings is 2. The summed E-state index contributed by atoms with van der Waals surface area (Å²) >= 11 is 0. The highest BCUT2D eigenvalue weighted by Gasteiger charge is 2.52. The summed E-state index contributed by atoms with van der Waals surface area (Å²) in [5, 5.41) is 1.74. The first-order valence-electron chi connectivity index (χ1n) is 9.07. The molecule has 0 amide bonds. The van der Waals surface area contributed by atoms with Crippen LogP contribution in [0, 0.1) is 17.3 Å². The molecule has 26 heavy (non-hydrogen) atoms. The van der Waals surface area contributed by atoms with Crippen molar-refractivity contribution < 1.29 is 13.7 Å². The quantitative estimate of drug-likeness (QED) is 0.462. The average molecular weight is 366 g/mol. The van der Waals surface area contributed by atoms with Gasteiger partial charge in [0.25, 0.3) is 0 Å². The zero-order chi connectivity index (χ0) is 18.9. The van der Waals surface area contributed by atoms with Gasteiger partial charge in [0.15, 0.2) is 0 Å². The SMILES string of the molecule is CCC[Si]C#Cc1c(F)ccc2cccc(B3OC(C)(C)C(C)(C)O3)c12. The summed E-state index contributed by atoms with van der Waals surface area (Å²) in [5.74, 6) is 2.78. The molecule has 0 saturated carbocycles. The Morgan fingerprint density at radius 3 is 2.42 bits per heavy atom. The van der Waals surface area contributed by atoms with Crippen molar-refractivity contribution in [3.63, 3.8) is 0 Å².